The van der Waals surface area contributed by atoms with Crippen LogP contribution in [-0.4, -0.2) is 51.7 Å². The predicted octanol–water partition coefficient (Wildman–Crippen LogP) is 1.83. The molecule has 1 aromatic rings. The quantitative estimate of drug-likeness (QED) is 0.833. The predicted molar refractivity (Wildman–Crippen MR) is 72.7 cm³/mol. The van der Waals surface area contributed by atoms with E-state index in [1.807, 2.05) is 6.92 Å². The van der Waals surface area contributed by atoms with Gasteiger partial charge in [0.1, 0.15) is 0 Å². The number of hydrogen-bond acceptors (Lipinski definition) is 5. The van der Waals surface area contributed by atoms with Gasteiger partial charge >= 0.3 is 0 Å². The Kier molecular flexibility index (Phi) is 3.84. The van der Waals surface area contributed by atoms with Crippen LogP contribution < -0.4 is 0 Å². The minimum atomic E-state index is 0.640. The van der Waals surface area contributed by atoms with Gasteiger partial charge in [-0.25, -0.2) is 0 Å². The number of nitrogens with zero attached hydrogens (tertiary/aromatic N) is 4. The van der Waals surface area contributed by atoms with E-state index in [0.29, 0.717) is 11.9 Å². The topological polar surface area (TPSA) is 45.4 Å². The molecule has 0 amide bonds. The lowest BCUT2D eigenvalue weighted by molar-refractivity contribution is 0.0433. The summed E-state index contributed by atoms with van der Waals surface area (Å²) in [5, 5.41) is 7.98. The van der Waals surface area contributed by atoms with Gasteiger partial charge in [0, 0.05) is 38.6 Å². The maximum atomic E-state index is 5.47. The van der Waals surface area contributed by atoms with Crippen LogP contribution in [0.5, 0.6) is 0 Å². The first kappa shape index (κ1) is 13.1. The average Bonchev–Trinajstić information content (AvgIpc) is 3.01. The summed E-state index contributed by atoms with van der Waals surface area (Å²) >= 11 is 0. The maximum Gasteiger partial charge on any atom is 0.230 e. The molecule has 0 bridgehead atoms. The standard InChI is InChI=1S/C14H24N4O/c1-11-9-17(10-14-16-15-12(2)19-14)7-8-18(11)13-5-3-4-6-13/h11,13H,3-10H2,1-2H3/t11-/m0/s1. The van der Waals surface area contributed by atoms with Crippen LogP contribution >= 0.6 is 0 Å². The second-order valence-electron chi connectivity index (χ2n) is 5.98. The van der Waals surface area contributed by atoms with E-state index in [1.165, 1.54) is 32.2 Å². The summed E-state index contributed by atoms with van der Waals surface area (Å²) in [5.41, 5.74) is 0. The van der Waals surface area contributed by atoms with Gasteiger partial charge in [-0.1, -0.05) is 12.8 Å². The Balaban J connectivity index is 1.54. The number of rotatable bonds is 3. The molecule has 0 N–H and O–H groups in total. The summed E-state index contributed by atoms with van der Waals surface area (Å²) in [6.07, 6.45) is 5.62. The van der Waals surface area contributed by atoms with Crippen molar-refractivity contribution in [1.29, 1.82) is 0 Å². The molecule has 2 fully saturated rings. The van der Waals surface area contributed by atoms with E-state index in [2.05, 4.69) is 26.9 Å². The zero-order valence-electron chi connectivity index (χ0n) is 12.0. The Hall–Kier alpha value is -0.940. The summed E-state index contributed by atoms with van der Waals surface area (Å²) in [6, 6.07) is 1.48. The molecule has 106 valence electrons. The molecule has 3 rings (SSSR count). The molecule has 2 heterocycles. The maximum absolute atomic E-state index is 5.47. The molecule has 1 saturated carbocycles. The Bertz CT molecular complexity index is 413. The van der Waals surface area contributed by atoms with Crippen LogP contribution in [0.2, 0.25) is 0 Å². The zero-order chi connectivity index (χ0) is 13.2. The molecule has 1 aliphatic heterocycles. The number of aryl methyl sites for hydroxylation is 1. The fourth-order valence-electron chi connectivity index (χ4n) is 3.56. The van der Waals surface area contributed by atoms with Crippen LogP contribution in [0.15, 0.2) is 4.42 Å². The number of aromatic nitrogens is 2. The van der Waals surface area contributed by atoms with Crippen LogP contribution in [0, 0.1) is 6.92 Å². The first-order valence-electron chi connectivity index (χ1n) is 7.49. The van der Waals surface area contributed by atoms with Crippen LogP contribution in [0.4, 0.5) is 0 Å². The first-order valence-corrected chi connectivity index (χ1v) is 7.49. The van der Waals surface area contributed by atoms with Crippen molar-refractivity contribution in [2.45, 2.75) is 58.2 Å². The summed E-state index contributed by atoms with van der Waals surface area (Å²) in [6.45, 7) is 8.39. The third-order valence-corrected chi connectivity index (χ3v) is 4.48. The van der Waals surface area contributed by atoms with Crippen LogP contribution in [0.25, 0.3) is 0 Å². The summed E-state index contributed by atoms with van der Waals surface area (Å²) in [5.74, 6) is 1.41. The van der Waals surface area contributed by atoms with Crippen molar-refractivity contribution in [2.75, 3.05) is 19.6 Å². The van der Waals surface area contributed by atoms with E-state index < -0.39 is 0 Å². The minimum absolute atomic E-state index is 0.640. The van der Waals surface area contributed by atoms with E-state index in [0.717, 1.165) is 31.6 Å². The van der Waals surface area contributed by atoms with Crippen molar-refractivity contribution in [3.05, 3.63) is 11.8 Å². The first-order chi connectivity index (χ1) is 9.22. The fraction of sp³-hybridized carbons (Fsp3) is 0.857. The average molecular weight is 264 g/mol. The highest BCUT2D eigenvalue weighted by atomic mass is 16.4. The van der Waals surface area contributed by atoms with Gasteiger partial charge < -0.3 is 4.42 Å². The smallest absolute Gasteiger partial charge is 0.230 e. The van der Waals surface area contributed by atoms with Crippen molar-refractivity contribution in [3.63, 3.8) is 0 Å². The molecule has 0 unspecified atom stereocenters. The lowest BCUT2D eigenvalue weighted by Gasteiger charge is -2.42. The van der Waals surface area contributed by atoms with Gasteiger partial charge in [0.2, 0.25) is 11.8 Å². The van der Waals surface area contributed by atoms with Crippen LogP contribution in [0.3, 0.4) is 0 Å². The van der Waals surface area contributed by atoms with Gasteiger partial charge in [0.25, 0.3) is 0 Å². The zero-order valence-corrected chi connectivity index (χ0v) is 12.0. The van der Waals surface area contributed by atoms with Crippen molar-refractivity contribution < 1.29 is 4.42 Å². The van der Waals surface area contributed by atoms with E-state index >= 15 is 0 Å². The summed E-state index contributed by atoms with van der Waals surface area (Å²) in [7, 11) is 0. The molecule has 0 spiro atoms. The minimum Gasteiger partial charge on any atom is -0.424 e. The van der Waals surface area contributed by atoms with Gasteiger partial charge in [-0.05, 0) is 19.8 Å². The van der Waals surface area contributed by atoms with E-state index in [-0.39, 0.29) is 0 Å². The largest absolute Gasteiger partial charge is 0.424 e. The molecule has 1 atom stereocenters. The lowest BCUT2D eigenvalue weighted by Crippen LogP contribution is -2.54. The third-order valence-electron chi connectivity index (χ3n) is 4.48. The van der Waals surface area contributed by atoms with Gasteiger partial charge in [0.05, 0.1) is 6.54 Å². The Morgan fingerprint density at radius 2 is 2.00 bits per heavy atom. The molecular formula is C14H24N4O. The Morgan fingerprint density at radius 1 is 1.21 bits per heavy atom. The molecule has 0 aromatic carbocycles. The molecule has 5 heteroatoms. The third kappa shape index (κ3) is 2.98. The van der Waals surface area contributed by atoms with Gasteiger partial charge in [-0.15, -0.1) is 10.2 Å². The fourth-order valence-corrected chi connectivity index (χ4v) is 3.56. The second kappa shape index (κ2) is 5.59. The van der Waals surface area contributed by atoms with Crippen molar-refractivity contribution in [1.82, 2.24) is 20.0 Å². The highest BCUT2D eigenvalue weighted by molar-refractivity contribution is 4.88. The van der Waals surface area contributed by atoms with E-state index in [1.54, 1.807) is 0 Å². The lowest BCUT2D eigenvalue weighted by atomic mass is 10.1. The molecule has 1 saturated heterocycles. The highest BCUT2D eigenvalue weighted by Gasteiger charge is 2.31. The monoisotopic (exact) mass is 264 g/mol. The van der Waals surface area contributed by atoms with Gasteiger partial charge in [-0.2, -0.15) is 0 Å². The van der Waals surface area contributed by atoms with Crippen molar-refractivity contribution in [2.24, 2.45) is 0 Å². The Morgan fingerprint density at radius 3 is 2.63 bits per heavy atom. The summed E-state index contributed by atoms with van der Waals surface area (Å²) in [4.78, 5) is 5.14. The second-order valence-corrected chi connectivity index (χ2v) is 5.98. The van der Waals surface area contributed by atoms with Crippen molar-refractivity contribution >= 4 is 0 Å². The molecule has 1 aliphatic carbocycles. The van der Waals surface area contributed by atoms with Gasteiger partial charge in [-0.3, -0.25) is 9.80 Å². The van der Waals surface area contributed by atoms with E-state index in [4.69, 9.17) is 4.42 Å². The molecule has 19 heavy (non-hydrogen) atoms. The van der Waals surface area contributed by atoms with E-state index in [9.17, 15) is 0 Å². The molecule has 0 radical (unpaired) electrons. The number of piperazine rings is 1. The van der Waals surface area contributed by atoms with Crippen LogP contribution in [-0.2, 0) is 6.54 Å². The Labute approximate surface area is 115 Å². The summed E-state index contributed by atoms with van der Waals surface area (Å²) < 4.78 is 5.47. The molecule has 5 nitrogen and oxygen atoms in total. The SMILES string of the molecule is Cc1nnc(CN2CCN(C3CCCC3)[C@@H](C)C2)o1. The molecule has 2 aliphatic rings. The molecular weight excluding hydrogens is 240 g/mol. The normalized spacial score (nSPS) is 27.2. The number of hydrogen-bond donors (Lipinski definition) is 0. The van der Waals surface area contributed by atoms with Crippen molar-refractivity contribution in [3.8, 4) is 0 Å². The highest BCUT2D eigenvalue weighted by Crippen LogP contribution is 2.27. The van der Waals surface area contributed by atoms with Gasteiger partial charge in [0.15, 0.2) is 0 Å². The molecule has 1 aromatic heterocycles. The van der Waals surface area contributed by atoms with Crippen LogP contribution in [0.1, 0.15) is 44.4 Å².